The first-order chi connectivity index (χ1) is 6.63. The lowest BCUT2D eigenvalue weighted by molar-refractivity contribution is -0.134. The fourth-order valence-electron chi connectivity index (χ4n) is 1.82. The third-order valence-corrected chi connectivity index (χ3v) is 2.65. The quantitative estimate of drug-likeness (QED) is 0.672. The van der Waals surface area contributed by atoms with Crippen molar-refractivity contribution in [2.75, 3.05) is 20.1 Å². The number of aliphatic hydroxyl groups excluding tert-OH is 1. The number of amides is 1. The van der Waals surface area contributed by atoms with Crippen molar-refractivity contribution in [1.82, 2.24) is 10.2 Å². The van der Waals surface area contributed by atoms with E-state index in [2.05, 4.69) is 5.32 Å². The fraction of sp³-hybridized carbons (Fsp3) is 0.900. The van der Waals surface area contributed by atoms with E-state index in [1.807, 2.05) is 11.9 Å². The molecule has 2 N–H and O–H groups in total. The predicted molar refractivity (Wildman–Crippen MR) is 55.0 cm³/mol. The zero-order valence-electron chi connectivity index (χ0n) is 8.99. The smallest absolute Gasteiger partial charge is 0.225 e. The van der Waals surface area contributed by atoms with Crippen LogP contribution < -0.4 is 5.32 Å². The van der Waals surface area contributed by atoms with Gasteiger partial charge in [-0.25, -0.2) is 0 Å². The van der Waals surface area contributed by atoms with E-state index in [1.165, 1.54) is 0 Å². The Hall–Kier alpha value is -0.610. The monoisotopic (exact) mass is 200 g/mol. The Kier molecular flexibility index (Phi) is 4.35. The topological polar surface area (TPSA) is 52.6 Å². The van der Waals surface area contributed by atoms with Gasteiger partial charge in [-0.15, -0.1) is 0 Å². The van der Waals surface area contributed by atoms with Crippen molar-refractivity contribution < 1.29 is 9.90 Å². The molecule has 1 rings (SSSR count). The molecule has 0 aromatic heterocycles. The molecule has 1 aliphatic heterocycles. The Morgan fingerprint density at radius 3 is 3.00 bits per heavy atom. The number of rotatable bonds is 3. The highest BCUT2D eigenvalue weighted by Gasteiger charge is 2.22. The molecular weight excluding hydrogens is 180 g/mol. The summed E-state index contributed by atoms with van der Waals surface area (Å²) < 4.78 is 0. The third kappa shape index (κ3) is 3.27. The van der Waals surface area contributed by atoms with Crippen LogP contribution in [0.15, 0.2) is 0 Å². The van der Waals surface area contributed by atoms with E-state index in [-0.39, 0.29) is 12.3 Å². The van der Waals surface area contributed by atoms with Crippen LogP contribution in [0.2, 0.25) is 0 Å². The van der Waals surface area contributed by atoms with Crippen molar-refractivity contribution in [3.05, 3.63) is 0 Å². The third-order valence-electron chi connectivity index (χ3n) is 2.65. The molecule has 1 fully saturated rings. The van der Waals surface area contributed by atoms with E-state index < -0.39 is 6.10 Å². The van der Waals surface area contributed by atoms with Crippen LogP contribution in [-0.2, 0) is 4.79 Å². The van der Waals surface area contributed by atoms with E-state index in [4.69, 9.17) is 5.11 Å². The van der Waals surface area contributed by atoms with Crippen LogP contribution in [0.1, 0.15) is 26.2 Å². The number of hydrogen-bond donors (Lipinski definition) is 2. The lowest BCUT2D eigenvalue weighted by Gasteiger charge is -2.32. The summed E-state index contributed by atoms with van der Waals surface area (Å²) in [6.07, 6.45) is 1.90. The molecule has 0 radical (unpaired) electrons. The van der Waals surface area contributed by atoms with Crippen LogP contribution >= 0.6 is 0 Å². The SMILES string of the molecule is CNC1CCCN(C(=O)CC(C)O)C1. The Balaban J connectivity index is 2.39. The second kappa shape index (κ2) is 5.32. The molecule has 0 saturated carbocycles. The molecule has 2 unspecified atom stereocenters. The number of aliphatic hydroxyl groups is 1. The zero-order valence-corrected chi connectivity index (χ0v) is 8.99. The van der Waals surface area contributed by atoms with Crippen molar-refractivity contribution in [2.24, 2.45) is 0 Å². The Labute approximate surface area is 85.3 Å². The van der Waals surface area contributed by atoms with Gasteiger partial charge in [-0.05, 0) is 26.8 Å². The van der Waals surface area contributed by atoms with E-state index in [0.717, 1.165) is 25.9 Å². The largest absolute Gasteiger partial charge is 0.393 e. The van der Waals surface area contributed by atoms with Crippen LogP contribution in [-0.4, -0.2) is 48.2 Å². The second-order valence-corrected chi connectivity index (χ2v) is 4.02. The molecular formula is C10H20N2O2. The van der Waals surface area contributed by atoms with Gasteiger partial charge < -0.3 is 15.3 Å². The Morgan fingerprint density at radius 2 is 2.43 bits per heavy atom. The summed E-state index contributed by atoms with van der Waals surface area (Å²) in [5, 5.41) is 12.3. The van der Waals surface area contributed by atoms with Crippen molar-refractivity contribution >= 4 is 5.91 Å². The van der Waals surface area contributed by atoms with E-state index in [9.17, 15) is 4.79 Å². The molecule has 4 heteroatoms. The van der Waals surface area contributed by atoms with Crippen LogP contribution in [0.5, 0.6) is 0 Å². The van der Waals surface area contributed by atoms with E-state index in [0.29, 0.717) is 6.04 Å². The van der Waals surface area contributed by atoms with Gasteiger partial charge in [0, 0.05) is 19.1 Å². The molecule has 1 heterocycles. The maximum absolute atomic E-state index is 11.6. The lowest BCUT2D eigenvalue weighted by Crippen LogP contribution is -2.47. The van der Waals surface area contributed by atoms with Crippen molar-refractivity contribution in [2.45, 2.75) is 38.3 Å². The van der Waals surface area contributed by atoms with Crippen molar-refractivity contribution in [3.63, 3.8) is 0 Å². The van der Waals surface area contributed by atoms with Gasteiger partial charge in [0.1, 0.15) is 0 Å². The van der Waals surface area contributed by atoms with Gasteiger partial charge in [0.25, 0.3) is 0 Å². The number of piperidine rings is 1. The average molecular weight is 200 g/mol. The summed E-state index contributed by atoms with van der Waals surface area (Å²) in [6, 6.07) is 0.418. The summed E-state index contributed by atoms with van der Waals surface area (Å²) in [4.78, 5) is 13.5. The summed E-state index contributed by atoms with van der Waals surface area (Å²) in [7, 11) is 1.92. The summed E-state index contributed by atoms with van der Waals surface area (Å²) in [5.41, 5.74) is 0. The number of likely N-dealkylation sites (tertiary alicyclic amines) is 1. The number of nitrogens with one attached hydrogen (secondary N) is 1. The maximum Gasteiger partial charge on any atom is 0.225 e. The van der Waals surface area contributed by atoms with Crippen LogP contribution in [0.3, 0.4) is 0 Å². The zero-order chi connectivity index (χ0) is 10.6. The van der Waals surface area contributed by atoms with Gasteiger partial charge in [-0.3, -0.25) is 4.79 Å². The summed E-state index contributed by atoms with van der Waals surface area (Å²) in [6.45, 7) is 3.27. The van der Waals surface area contributed by atoms with Crippen LogP contribution in [0.25, 0.3) is 0 Å². The fourth-order valence-corrected chi connectivity index (χ4v) is 1.82. The Morgan fingerprint density at radius 1 is 1.71 bits per heavy atom. The molecule has 1 aliphatic rings. The first kappa shape index (κ1) is 11.5. The van der Waals surface area contributed by atoms with Crippen molar-refractivity contribution in [1.29, 1.82) is 0 Å². The molecule has 0 bridgehead atoms. The highest BCUT2D eigenvalue weighted by atomic mass is 16.3. The molecule has 1 saturated heterocycles. The maximum atomic E-state index is 11.6. The van der Waals surface area contributed by atoms with Crippen molar-refractivity contribution in [3.8, 4) is 0 Å². The molecule has 14 heavy (non-hydrogen) atoms. The molecule has 0 aromatic rings. The molecule has 0 aliphatic carbocycles. The van der Waals surface area contributed by atoms with Crippen LogP contribution in [0, 0.1) is 0 Å². The van der Waals surface area contributed by atoms with Gasteiger partial charge >= 0.3 is 0 Å². The van der Waals surface area contributed by atoms with Gasteiger partial charge in [0.05, 0.1) is 12.5 Å². The summed E-state index contributed by atoms with van der Waals surface area (Å²) >= 11 is 0. The molecule has 0 aromatic carbocycles. The van der Waals surface area contributed by atoms with E-state index in [1.54, 1.807) is 6.92 Å². The highest BCUT2D eigenvalue weighted by molar-refractivity contribution is 5.76. The molecule has 82 valence electrons. The van der Waals surface area contributed by atoms with Gasteiger partial charge in [-0.1, -0.05) is 0 Å². The van der Waals surface area contributed by atoms with Crippen LogP contribution in [0.4, 0.5) is 0 Å². The van der Waals surface area contributed by atoms with Gasteiger partial charge in [-0.2, -0.15) is 0 Å². The minimum absolute atomic E-state index is 0.0694. The minimum Gasteiger partial charge on any atom is -0.393 e. The second-order valence-electron chi connectivity index (χ2n) is 4.02. The number of carbonyl (C=O) groups is 1. The molecule has 4 nitrogen and oxygen atoms in total. The number of hydrogen-bond acceptors (Lipinski definition) is 3. The molecule has 1 amide bonds. The number of nitrogens with zero attached hydrogens (tertiary/aromatic N) is 1. The number of likely N-dealkylation sites (N-methyl/N-ethyl adjacent to an activating group) is 1. The molecule has 0 spiro atoms. The standard InChI is InChI=1S/C10H20N2O2/c1-8(13)6-10(14)12-5-3-4-9(7-12)11-2/h8-9,11,13H,3-7H2,1-2H3. The highest BCUT2D eigenvalue weighted by Crippen LogP contribution is 2.11. The lowest BCUT2D eigenvalue weighted by atomic mass is 10.1. The molecule has 2 atom stereocenters. The average Bonchev–Trinajstić information content (AvgIpc) is 2.17. The predicted octanol–water partition coefficient (Wildman–Crippen LogP) is -0.0323. The van der Waals surface area contributed by atoms with Gasteiger partial charge in [0.15, 0.2) is 0 Å². The first-order valence-electron chi connectivity index (χ1n) is 5.26. The van der Waals surface area contributed by atoms with Gasteiger partial charge in [0.2, 0.25) is 5.91 Å². The van der Waals surface area contributed by atoms with E-state index >= 15 is 0 Å². The Bertz CT molecular complexity index is 195. The first-order valence-corrected chi connectivity index (χ1v) is 5.26. The minimum atomic E-state index is -0.530. The normalized spacial score (nSPS) is 24.8. The summed E-state index contributed by atoms with van der Waals surface area (Å²) in [5.74, 6) is 0.0694. The number of carbonyl (C=O) groups excluding carboxylic acids is 1.